The molecule has 0 spiro atoms. The number of carbonyl (C=O) groups is 2. The molecule has 1 heterocycles. The quantitative estimate of drug-likeness (QED) is 0.941. The van der Waals surface area contributed by atoms with E-state index in [1.54, 1.807) is 13.0 Å². The Labute approximate surface area is 140 Å². The van der Waals surface area contributed by atoms with Gasteiger partial charge in [0.15, 0.2) is 0 Å². The van der Waals surface area contributed by atoms with Gasteiger partial charge < -0.3 is 10.2 Å². The minimum Gasteiger partial charge on any atom is -0.353 e. The summed E-state index contributed by atoms with van der Waals surface area (Å²) in [5.74, 6) is -1.20. The third kappa shape index (κ3) is 3.30. The molecule has 1 fully saturated rings. The van der Waals surface area contributed by atoms with Crippen LogP contribution in [0.2, 0.25) is 0 Å². The number of aryl methyl sites for hydroxylation is 1. The van der Waals surface area contributed by atoms with Gasteiger partial charge >= 0.3 is 0 Å². The van der Waals surface area contributed by atoms with Gasteiger partial charge in [0.25, 0.3) is 5.91 Å². The number of amides is 2. The Hall–Kier alpha value is -2.69. The van der Waals surface area contributed by atoms with Crippen LogP contribution in [0, 0.1) is 12.7 Å². The predicted octanol–water partition coefficient (Wildman–Crippen LogP) is 2.32. The maximum atomic E-state index is 14.2. The van der Waals surface area contributed by atoms with E-state index in [1.165, 1.54) is 17.0 Å². The molecule has 0 bridgehead atoms. The fraction of sp³-hybridized carbons (Fsp3) is 0.263. The lowest BCUT2D eigenvalue weighted by Crippen LogP contribution is -2.58. The van der Waals surface area contributed by atoms with Gasteiger partial charge in [-0.05, 0) is 30.2 Å². The van der Waals surface area contributed by atoms with Crippen LogP contribution in [-0.2, 0) is 11.2 Å². The predicted molar refractivity (Wildman–Crippen MR) is 89.1 cm³/mol. The topological polar surface area (TPSA) is 49.4 Å². The zero-order valence-electron chi connectivity index (χ0n) is 13.5. The Kier molecular flexibility index (Phi) is 4.60. The van der Waals surface area contributed by atoms with E-state index < -0.39 is 17.8 Å². The highest BCUT2D eigenvalue weighted by atomic mass is 19.1. The molecule has 4 nitrogen and oxygen atoms in total. The molecule has 1 aliphatic heterocycles. The van der Waals surface area contributed by atoms with Crippen LogP contribution in [0.5, 0.6) is 0 Å². The van der Waals surface area contributed by atoms with Gasteiger partial charge in [-0.15, -0.1) is 0 Å². The van der Waals surface area contributed by atoms with Gasteiger partial charge in [0.05, 0.1) is 5.56 Å². The molecule has 124 valence electrons. The standard InChI is InChI=1S/C19H19FN2O2/c1-13-7-8-15(16(20)11-13)19(24)22-10-9-21-18(23)17(22)12-14-5-3-2-4-6-14/h2-8,11,17H,9-10,12H2,1H3,(H,21,23)/t17-/m0/s1. The van der Waals surface area contributed by atoms with E-state index in [1.807, 2.05) is 30.3 Å². The summed E-state index contributed by atoms with van der Waals surface area (Å²) in [5.41, 5.74) is 1.72. The maximum absolute atomic E-state index is 14.2. The number of hydrogen-bond donors (Lipinski definition) is 1. The first kappa shape index (κ1) is 16.2. The summed E-state index contributed by atoms with van der Waals surface area (Å²) < 4.78 is 14.2. The average molecular weight is 326 g/mol. The molecule has 0 unspecified atom stereocenters. The van der Waals surface area contributed by atoms with Crippen LogP contribution in [0.4, 0.5) is 4.39 Å². The molecular formula is C19H19FN2O2. The Balaban J connectivity index is 1.88. The summed E-state index contributed by atoms with van der Waals surface area (Å²) in [7, 11) is 0. The van der Waals surface area contributed by atoms with Gasteiger partial charge in [0.2, 0.25) is 5.91 Å². The minimum absolute atomic E-state index is 0.00774. The molecule has 1 atom stereocenters. The number of nitrogens with zero attached hydrogens (tertiary/aromatic N) is 1. The third-order valence-electron chi connectivity index (χ3n) is 4.22. The van der Waals surface area contributed by atoms with Crippen molar-refractivity contribution in [1.82, 2.24) is 10.2 Å². The highest BCUT2D eigenvalue weighted by molar-refractivity contribution is 5.98. The van der Waals surface area contributed by atoms with Crippen LogP contribution in [0.25, 0.3) is 0 Å². The second kappa shape index (κ2) is 6.83. The van der Waals surface area contributed by atoms with Crippen LogP contribution in [0.1, 0.15) is 21.5 Å². The molecule has 0 radical (unpaired) electrons. The fourth-order valence-electron chi connectivity index (χ4n) is 2.95. The summed E-state index contributed by atoms with van der Waals surface area (Å²) >= 11 is 0. The number of nitrogens with one attached hydrogen (secondary N) is 1. The smallest absolute Gasteiger partial charge is 0.257 e. The first-order valence-electron chi connectivity index (χ1n) is 7.95. The van der Waals surface area contributed by atoms with Crippen molar-refractivity contribution in [2.24, 2.45) is 0 Å². The van der Waals surface area contributed by atoms with Gasteiger partial charge in [-0.1, -0.05) is 36.4 Å². The Bertz CT molecular complexity index is 761. The van der Waals surface area contributed by atoms with Gasteiger partial charge in [-0.25, -0.2) is 4.39 Å². The van der Waals surface area contributed by atoms with Crippen LogP contribution in [-0.4, -0.2) is 35.8 Å². The van der Waals surface area contributed by atoms with E-state index in [-0.39, 0.29) is 11.5 Å². The summed E-state index contributed by atoms with van der Waals surface area (Å²) in [6.07, 6.45) is 0.409. The lowest BCUT2D eigenvalue weighted by Gasteiger charge is -2.35. The summed E-state index contributed by atoms with van der Waals surface area (Å²) in [6, 6.07) is 13.4. The van der Waals surface area contributed by atoms with Crippen molar-refractivity contribution in [3.63, 3.8) is 0 Å². The van der Waals surface area contributed by atoms with E-state index in [9.17, 15) is 14.0 Å². The van der Waals surface area contributed by atoms with Crippen molar-refractivity contribution >= 4 is 11.8 Å². The monoisotopic (exact) mass is 326 g/mol. The van der Waals surface area contributed by atoms with Crippen molar-refractivity contribution in [3.05, 3.63) is 71.0 Å². The van der Waals surface area contributed by atoms with E-state index in [0.29, 0.717) is 19.5 Å². The largest absolute Gasteiger partial charge is 0.353 e. The number of benzene rings is 2. The Morgan fingerprint density at radius 2 is 2.00 bits per heavy atom. The van der Waals surface area contributed by atoms with E-state index >= 15 is 0 Å². The minimum atomic E-state index is -0.630. The van der Waals surface area contributed by atoms with Gasteiger partial charge in [0, 0.05) is 19.5 Å². The molecule has 0 aromatic heterocycles. The molecule has 2 aromatic carbocycles. The van der Waals surface area contributed by atoms with Crippen LogP contribution < -0.4 is 5.32 Å². The number of rotatable bonds is 3. The Morgan fingerprint density at radius 3 is 2.71 bits per heavy atom. The SMILES string of the molecule is Cc1ccc(C(=O)N2CCNC(=O)[C@@H]2Cc2ccccc2)c(F)c1. The molecule has 0 aliphatic carbocycles. The van der Waals surface area contributed by atoms with Crippen LogP contribution >= 0.6 is 0 Å². The van der Waals surface area contributed by atoms with Crippen LogP contribution in [0.3, 0.4) is 0 Å². The van der Waals surface area contributed by atoms with Crippen molar-refractivity contribution in [2.45, 2.75) is 19.4 Å². The Morgan fingerprint density at radius 1 is 1.25 bits per heavy atom. The average Bonchev–Trinajstić information content (AvgIpc) is 2.57. The highest BCUT2D eigenvalue weighted by Crippen LogP contribution is 2.18. The zero-order valence-corrected chi connectivity index (χ0v) is 13.5. The van der Waals surface area contributed by atoms with Gasteiger partial charge in [-0.3, -0.25) is 9.59 Å². The number of halogens is 1. The lowest BCUT2D eigenvalue weighted by molar-refractivity contribution is -0.127. The van der Waals surface area contributed by atoms with E-state index in [2.05, 4.69) is 5.32 Å². The zero-order chi connectivity index (χ0) is 17.1. The molecule has 3 rings (SSSR count). The molecule has 1 aliphatic rings. The molecule has 1 N–H and O–H groups in total. The van der Waals surface area contributed by atoms with Gasteiger partial charge in [0.1, 0.15) is 11.9 Å². The lowest BCUT2D eigenvalue weighted by atomic mass is 10.0. The highest BCUT2D eigenvalue weighted by Gasteiger charge is 2.34. The summed E-state index contributed by atoms with van der Waals surface area (Å²) in [5, 5.41) is 2.79. The first-order chi connectivity index (χ1) is 11.6. The second-order valence-corrected chi connectivity index (χ2v) is 5.98. The summed E-state index contributed by atoms with van der Waals surface area (Å²) in [4.78, 5) is 26.5. The number of piperazine rings is 1. The molecular weight excluding hydrogens is 307 g/mol. The van der Waals surface area contributed by atoms with Crippen molar-refractivity contribution in [2.75, 3.05) is 13.1 Å². The van der Waals surface area contributed by atoms with Crippen molar-refractivity contribution < 1.29 is 14.0 Å². The second-order valence-electron chi connectivity index (χ2n) is 5.98. The molecule has 2 aromatic rings. The molecule has 1 saturated heterocycles. The first-order valence-corrected chi connectivity index (χ1v) is 7.95. The van der Waals surface area contributed by atoms with Gasteiger partial charge in [-0.2, -0.15) is 0 Å². The normalized spacial score (nSPS) is 17.5. The molecule has 0 saturated carbocycles. The summed E-state index contributed by atoms with van der Waals surface area (Å²) in [6.45, 7) is 2.52. The molecule has 24 heavy (non-hydrogen) atoms. The van der Waals surface area contributed by atoms with E-state index in [4.69, 9.17) is 0 Å². The number of carbonyl (C=O) groups excluding carboxylic acids is 2. The molecule has 5 heteroatoms. The van der Waals surface area contributed by atoms with Crippen molar-refractivity contribution in [3.8, 4) is 0 Å². The third-order valence-corrected chi connectivity index (χ3v) is 4.22. The fourth-order valence-corrected chi connectivity index (χ4v) is 2.95. The van der Waals surface area contributed by atoms with Crippen molar-refractivity contribution in [1.29, 1.82) is 0 Å². The van der Waals surface area contributed by atoms with Crippen LogP contribution in [0.15, 0.2) is 48.5 Å². The molecule has 2 amide bonds. The number of hydrogen-bond acceptors (Lipinski definition) is 2. The maximum Gasteiger partial charge on any atom is 0.257 e. The van der Waals surface area contributed by atoms with E-state index in [0.717, 1.165) is 11.1 Å².